The Kier molecular flexibility index (Phi) is 8.39. The molecule has 6 aromatic carbocycles. The van der Waals surface area contributed by atoms with E-state index < -0.39 is 46.0 Å². The molecule has 64 heavy (non-hydrogen) atoms. The summed E-state index contributed by atoms with van der Waals surface area (Å²) in [5.41, 5.74) is 4.94. The van der Waals surface area contributed by atoms with Crippen molar-refractivity contribution in [3.63, 3.8) is 0 Å². The molecule has 0 saturated carbocycles. The molecular formula is C60H58IrN2O-2. The zero-order chi connectivity index (χ0) is 58.9. The van der Waals surface area contributed by atoms with Crippen LogP contribution in [0, 0.1) is 51.8 Å². The van der Waals surface area contributed by atoms with Crippen molar-refractivity contribution in [1.82, 2.24) is 9.97 Å². The van der Waals surface area contributed by atoms with Crippen LogP contribution in [-0.2, 0) is 31.9 Å². The van der Waals surface area contributed by atoms with E-state index in [1.165, 1.54) is 36.4 Å². The number of rotatable bonds is 6. The number of aryl methyl sites for hydroxylation is 5. The predicted octanol–water partition coefficient (Wildman–Crippen LogP) is 16.4. The van der Waals surface area contributed by atoms with Crippen LogP contribution in [0.25, 0.3) is 77.8 Å². The van der Waals surface area contributed by atoms with Crippen LogP contribution in [0.15, 0.2) is 144 Å². The van der Waals surface area contributed by atoms with Crippen LogP contribution in [0.3, 0.4) is 0 Å². The molecular weight excluding hydrogens is 957 g/mol. The molecule has 325 valence electrons. The molecule has 9 aromatic rings. The summed E-state index contributed by atoms with van der Waals surface area (Å²) >= 11 is 0. The topological polar surface area (TPSA) is 38.9 Å². The maximum Gasteiger partial charge on any atom is 0.121 e. The van der Waals surface area contributed by atoms with Crippen LogP contribution < -0.4 is 0 Å². The summed E-state index contributed by atoms with van der Waals surface area (Å²) in [5, 5.41) is 1.28. The molecule has 1 radical (unpaired) electrons. The monoisotopic (exact) mass is 1030 g/mol. The fourth-order valence-electron chi connectivity index (χ4n) is 7.51. The second-order valence-corrected chi connectivity index (χ2v) is 17.6. The number of hydrogen-bond donors (Lipinski definition) is 0. The molecule has 0 fully saturated rings. The van der Waals surface area contributed by atoms with Gasteiger partial charge in [0.2, 0.25) is 0 Å². The Morgan fingerprint density at radius 2 is 1.28 bits per heavy atom. The third kappa shape index (κ3) is 10.1. The second kappa shape index (κ2) is 18.7. The van der Waals surface area contributed by atoms with E-state index in [2.05, 4.69) is 22.1 Å². The Hall–Kier alpha value is -5.93. The van der Waals surface area contributed by atoms with Gasteiger partial charge < -0.3 is 14.4 Å². The van der Waals surface area contributed by atoms with Gasteiger partial charge in [-0.2, -0.15) is 0 Å². The van der Waals surface area contributed by atoms with Crippen molar-refractivity contribution in [2.75, 3.05) is 0 Å². The number of aromatic nitrogens is 2. The van der Waals surface area contributed by atoms with E-state index >= 15 is 0 Å². The SMILES string of the molecule is [2H]C([2H])([2H])c1c[c-]c(-c2ccc(C([2H])([2H])C(C)(C)C)cn2)cc1-c1ccccc1.[2H]C([2H])([2H])c1ccc2c(c1)oc1c(-c3cc(-c4cc(C([2H])([2H])[2H])c(-c5ccc(C(C)(C)C)cc5)cc4C([2H])([2H])[2H])c(C([2H])([2H])[2H])cn3)[c-]ccc12.[Ir]. The average Bonchev–Trinajstić information content (AvgIpc) is 3.75. The van der Waals surface area contributed by atoms with Gasteiger partial charge in [0.15, 0.2) is 0 Å². The number of fused-ring (bicyclic) bond motifs is 3. The molecule has 3 aromatic heterocycles. The molecule has 0 spiro atoms. The van der Waals surface area contributed by atoms with E-state index in [0.717, 1.165) is 17.3 Å². The normalized spacial score (nSPS) is 16.8. The molecule has 0 aliphatic carbocycles. The van der Waals surface area contributed by atoms with Crippen molar-refractivity contribution in [3.8, 4) is 55.9 Å². The van der Waals surface area contributed by atoms with Crippen LogP contribution in [0.2, 0.25) is 0 Å². The summed E-state index contributed by atoms with van der Waals surface area (Å²) in [7, 11) is 0. The van der Waals surface area contributed by atoms with Gasteiger partial charge in [-0.05, 0) is 123 Å². The van der Waals surface area contributed by atoms with Gasteiger partial charge >= 0.3 is 0 Å². The fourth-order valence-corrected chi connectivity index (χ4v) is 7.51. The first-order chi connectivity index (χ1) is 36.9. The number of nitrogens with zero attached hydrogens (tertiary/aromatic N) is 2. The standard InChI is InChI=1S/C37H34NO.C23H24N.Ir/c1-22-11-16-28-29-9-8-10-30(36(29)39-35(28)17-22)34-20-33(25(4)21-38-34)32-19-23(2)31(18-24(32)3)26-12-14-27(15-13-26)37(5,6)7;1-17-10-12-20(14-21(17)19-8-6-5-7-9-19)22-13-11-18(16-24-22)15-23(2,3)4;/h8-9,11-21H,1-7H3;5-11,13-14,16H,15H2,1-4H3;/q2*-1;/i1D3,2D3,3D3,4D3;1D3,15D2;. The van der Waals surface area contributed by atoms with Crippen molar-refractivity contribution in [3.05, 3.63) is 191 Å². The van der Waals surface area contributed by atoms with Crippen molar-refractivity contribution < 1.29 is 47.8 Å². The number of hydrogen-bond acceptors (Lipinski definition) is 3. The number of pyridine rings is 2. The molecule has 3 heterocycles. The van der Waals surface area contributed by atoms with E-state index in [4.69, 9.17) is 27.7 Å². The quantitative estimate of drug-likeness (QED) is 0.156. The van der Waals surface area contributed by atoms with Gasteiger partial charge in [0.05, 0.1) is 5.58 Å². The van der Waals surface area contributed by atoms with E-state index in [0.29, 0.717) is 55.4 Å². The Morgan fingerprint density at radius 1 is 0.594 bits per heavy atom. The minimum absolute atomic E-state index is 0. The van der Waals surface area contributed by atoms with Gasteiger partial charge in [-0.1, -0.05) is 162 Å². The first-order valence-corrected chi connectivity index (χ1v) is 20.6. The summed E-state index contributed by atoms with van der Waals surface area (Å²) in [4.78, 5) is 8.89. The molecule has 9 rings (SSSR count). The molecule has 0 bridgehead atoms. The summed E-state index contributed by atoms with van der Waals surface area (Å²) in [6.45, 7) is -1.13. The molecule has 0 unspecified atom stereocenters. The molecule has 0 N–H and O–H groups in total. The van der Waals surface area contributed by atoms with Crippen molar-refractivity contribution in [1.29, 1.82) is 0 Å². The van der Waals surface area contributed by atoms with Crippen molar-refractivity contribution in [2.45, 2.75) is 87.6 Å². The van der Waals surface area contributed by atoms with E-state index in [1.807, 2.05) is 84.0 Å². The van der Waals surface area contributed by atoms with Gasteiger partial charge in [-0.3, -0.25) is 0 Å². The van der Waals surface area contributed by atoms with Gasteiger partial charge in [-0.25, -0.2) is 0 Å². The number of benzene rings is 6. The van der Waals surface area contributed by atoms with Crippen molar-refractivity contribution >= 4 is 21.9 Å². The van der Waals surface area contributed by atoms with E-state index in [-0.39, 0.29) is 75.7 Å². The van der Waals surface area contributed by atoms with Crippen LogP contribution in [0.4, 0.5) is 0 Å². The number of furan rings is 1. The third-order valence-electron chi connectivity index (χ3n) is 10.7. The zero-order valence-electron chi connectivity index (χ0n) is 53.4. The molecule has 0 aliphatic heterocycles. The smallest absolute Gasteiger partial charge is 0.121 e. The van der Waals surface area contributed by atoms with Gasteiger partial charge in [0.1, 0.15) is 5.58 Å². The summed E-state index contributed by atoms with van der Waals surface area (Å²) in [6, 6.07) is 41.6. The average molecular weight is 1030 g/mol. The van der Waals surface area contributed by atoms with Crippen LogP contribution in [-0.4, -0.2) is 9.97 Å². The van der Waals surface area contributed by atoms with Gasteiger partial charge in [0, 0.05) is 61.2 Å². The van der Waals surface area contributed by atoms with Crippen molar-refractivity contribution in [2.24, 2.45) is 5.41 Å². The first-order valence-electron chi connectivity index (χ1n) is 29.1. The third-order valence-corrected chi connectivity index (χ3v) is 10.7. The van der Waals surface area contributed by atoms with Crippen LogP contribution in [0.5, 0.6) is 0 Å². The van der Waals surface area contributed by atoms with Crippen LogP contribution >= 0.6 is 0 Å². The molecule has 3 nitrogen and oxygen atoms in total. The molecule has 0 saturated heterocycles. The zero-order valence-corrected chi connectivity index (χ0v) is 38.8. The Morgan fingerprint density at radius 3 is 1.97 bits per heavy atom. The van der Waals surface area contributed by atoms with E-state index in [9.17, 15) is 0 Å². The van der Waals surface area contributed by atoms with Crippen LogP contribution in [0.1, 0.15) is 104 Å². The first kappa shape index (κ1) is 28.8. The summed E-state index contributed by atoms with van der Waals surface area (Å²) in [6.07, 6.45) is 1.16. The minimum Gasteiger partial charge on any atom is -0.501 e. The fraction of sp³-hybridized carbons (Fsp3) is 0.233. The largest absolute Gasteiger partial charge is 0.501 e. The molecule has 0 aliphatic rings. The Bertz CT molecular complexity index is 3730. The van der Waals surface area contributed by atoms with Gasteiger partial charge in [-0.15, -0.1) is 47.5 Å². The molecule has 4 heteroatoms. The molecule has 0 atom stereocenters. The summed E-state index contributed by atoms with van der Waals surface area (Å²) in [5.74, 6) is 0. The molecule has 0 amide bonds. The van der Waals surface area contributed by atoms with Gasteiger partial charge in [0.25, 0.3) is 0 Å². The summed E-state index contributed by atoms with van der Waals surface area (Å²) < 4.78 is 146. The van der Waals surface area contributed by atoms with E-state index in [1.54, 1.807) is 54.7 Å². The maximum absolute atomic E-state index is 8.51. The Labute approximate surface area is 418 Å². The predicted molar refractivity (Wildman–Crippen MR) is 266 cm³/mol. The Balaban J connectivity index is 0.000000268. The second-order valence-electron chi connectivity index (χ2n) is 17.6. The minimum atomic E-state index is -2.77. The maximum atomic E-state index is 8.51.